The van der Waals surface area contributed by atoms with Crippen LogP contribution >= 0.6 is 15.9 Å². The van der Waals surface area contributed by atoms with E-state index < -0.39 is 23.9 Å². The van der Waals surface area contributed by atoms with E-state index >= 15 is 0 Å². The molecule has 12 heteroatoms. The van der Waals surface area contributed by atoms with E-state index in [1.165, 1.54) is 10.0 Å². The highest BCUT2D eigenvalue weighted by Gasteiger charge is 2.55. The maximum atomic E-state index is 14.2. The van der Waals surface area contributed by atoms with E-state index in [4.69, 9.17) is 14.6 Å². The van der Waals surface area contributed by atoms with E-state index in [0.29, 0.717) is 11.4 Å². The lowest BCUT2D eigenvalue weighted by Crippen LogP contribution is -2.45. The first-order chi connectivity index (χ1) is 22.4. The summed E-state index contributed by atoms with van der Waals surface area (Å²) in [5.41, 5.74) is 4.35. The van der Waals surface area contributed by atoms with Gasteiger partial charge in [0.05, 0.1) is 31.7 Å². The molecule has 0 radical (unpaired) electrons. The summed E-state index contributed by atoms with van der Waals surface area (Å²) < 4.78 is 11.4. The first-order valence-corrected chi connectivity index (χ1v) is 15.9. The Morgan fingerprint density at radius 1 is 0.957 bits per heavy atom. The number of hydrogen-bond acceptors (Lipinski definition) is 9. The SMILES string of the molecule is COc1ccc(/C=C2/CCC[C@@H]3C2=NN(C(=O)CN2N=N[C@@H]4C(=O)N(c5cccc(Br)c5)C(=O)[C@@H]42)[C@@H]3c2ccc(OC)cc2)cc1. The topological polar surface area (TPSA) is 116 Å². The third-order valence-electron chi connectivity index (χ3n) is 8.89. The van der Waals surface area contributed by atoms with Crippen LogP contribution in [-0.4, -0.2) is 66.3 Å². The van der Waals surface area contributed by atoms with Crippen molar-refractivity contribution in [1.29, 1.82) is 0 Å². The number of benzene rings is 3. The quantitative estimate of drug-likeness (QED) is 0.300. The number of hydrazone groups is 1. The molecule has 4 atom stereocenters. The average Bonchev–Trinajstić information content (AvgIpc) is 3.74. The van der Waals surface area contributed by atoms with Gasteiger partial charge < -0.3 is 9.47 Å². The molecule has 0 bridgehead atoms. The lowest BCUT2D eigenvalue weighted by molar-refractivity contribution is -0.136. The molecule has 0 aromatic heterocycles. The number of carbonyl (C=O) groups is 3. The highest BCUT2D eigenvalue weighted by molar-refractivity contribution is 9.10. The molecular weight excluding hydrogens is 652 g/mol. The molecule has 0 N–H and O–H groups in total. The first kappa shape index (κ1) is 29.8. The van der Waals surface area contributed by atoms with Crippen molar-refractivity contribution in [1.82, 2.24) is 10.0 Å². The maximum absolute atomic E-state index is 14.2. The standard InChI is InChI=1S/C34H31BrN6O5/c1-45-25-13-9-20(10-14-25)17-22-5-3-8-27-29(22)37-41(31(27)21-11-15-26(46-2)16-12-21)28(42)19-39-32-30(36-38-39)33(43)40(34(32)44)24-7-4-6-23(35)18-24/h4,6-7,9-18,27,30-32H,3,5,8,19H2,1-2H3/b22-17-/t27-,30+,31-,32-/m1/s1. The summed E-state index contributed by atoms with van der Waals surface area (Å²) in [7, 11) is 3.25. The van der Waals surface area contributed by atoms with Crippen molar-refractivity contribution in [3.05, 3.63) is 94.0 Å². The smallest absolute Gasteiger partial charge is 0.264 e. The van der Waals surface area contributed by atoms with E-state index in [2.05, 4.69) is 32.3 Å². The molecular formula is C34H31BrN6O5. The number of imide groups is 1. The fraction of sp³-hybridized carbons (Fsp3) is 0.294. The Morgan fingerprint density at radius 2 is 1.67 bits per heavy atom. The molecule has 1 saturated carbocycles. The number of ether oxygens (including phenoxy) is 2. The van der Waals surface area contributed by atoms with Gasteiger partial charge in [-0.1, -0.05) is 51.5 Å². The van der Waals surface area contributed by atoms with Gasteiger partial charge in [0.1, 0.15) is 18.0 Å². The van der Waals surface area contributed by atoms with Gasteiger partial charge in [-0.15, -0.1) is 0 Å². The van der Waals surface area contributed by atoms with Crippen LogP contribution in [0.2, 0.25) is 0 Å². The van der Waals surface area contributed by atoms with Gasteiger partial charge in [-0.25, -0.2) is 9.91 Å². The van der Waals surface area contributed by atoms with Crippen molar-refractivity contribution in [2.24, 2.45) is 21.4 Å². The zero-order chi connectivity index (χ0) is 31.9. The van der Waals surface area contributed by atoms with Crippen molar-refractivity contribution >= 4 is 51.1 Å². The van der Waals surface area contributed by atoms with Gasteiger partial charge in [0, 0.05) is 10.4 Å². The van der Waals surface area contributed by atoms with Gasteiger partial charge in [-0.3, -0.25) is 19.4 Å². The Labute approximate surface area is 274 Å². The summed E-state index contributed by atoms with van der Waals surface area (Å²) in [6, 6.07) is 20.1. The van der Waals surface area contributed by atoms with Crippen LogP contribution in [0, 0.1) is 5.92 Å². The fourth-order valence-electron chi connectivity index (χ4n) is 6.68. The molecule has 3 amide bonds. The monoisotopic (exact) mass is 682 g/mol. The van der Waals surface area contributed by atoms with Gasteiger partial charge >= 0.3 is 0 Å². The predicted octanol–water partition coefficient (Wildman–Crippen LogP) is 5.58. The number of halogens is 1. The molecule has 7 rings (SSSR count). The number of anilines is 1. The summed E-state index contributed by atoms with van der Waals surface area (Å²) >= 11 is 3.40. The van der Waals surface area contributed by atoms with Gasteiger partial charge in [0.15, 0.2) is 12.1 Å². The summed E-state index contributed by atoms with van der Waals surface area (Å²) in [6.07, 6.45) is 4.78. The van der Waals surface area contributed by atoms with Crippen molar-refractivity contribution in [3.8, 4) is 11.5 Å². The molecule has 1 aliphatic carbocycles. The lowest BCUT2D eigenvalue weighted by atomic mass is 9.77. The van der Waals surface area contributed by atoms with Crippen molar-refractivity contribution in [2.75, 3.05) is 25.7 Å². The fourth-order valence-corrected chi connectivity index (χ4v) is 7.06. The molecule has 46 heavy (non-hydrogen) atoms. The Hall–Kier alpha value is -4.84. The summed E-state index contributed by atoms with van der Waals surface area (Å²) in [5, 5.41) is 16.1. The summed E-state index contributed by atoms with van der Waals surface area (Å²) in [4.78, 5) is 42.1. The highest BCUT2D eigenvalue weighted by Crippen LogP contribution is 2.45. The number of methoxy groups -OCH3 is 2. The van der Waals surface area contributed by atoms with Crippen LogP contribution in [-0.2, 0) is 14.4 Å². The molecule has 2 fully saturated rings. The largest absolute Gasteiger partial charge is 0.497 e. The van der Waals surface area contributed by atoms with Gasteiger partial charge in [-0.2, -0.15) is 10.2 Å². The zero-order valence-corrected chi connectivity index (χ0v) is 26.8. The zero-order valence-electron chi connectivity index (χ0n) is 25.2. The summed E-state index contributed by atoms with van der Waals surface area (Å²) in [5.74, 6) is 0.194. The Morgan fingerprint density at radius 3 is 2.37 bits per heavy atom. The van der Waals surface area contributed by atoms with E-state index in [0.717, 1.165) is 56.8 Å². The maximum Gasteiger partial charge on any atom is 0.264 e. The van der Waals surface area contributed by atoms with Crippen molar-refractivity contribution in [2.45, 2.75) is 37.4 Å². The summed E-state index contributed by atoms with van der Waals surface area (Å²) in [6.45, 7) is -0.260. The average molecular weight is 684 g/mol. The third kappa shape index (κ3) is 5.26. The number of nitrogens with zero attached hydrogens (tertiary/aromatic N) is 6. The second-order valence-corrected chi connectivity index (χ2v) is 12.5. The Kier molecular flexibility index (Phi) is 7.89. The van der Waals surface area contributed by atoms with Crippen LogP contribution in [0.4, 0.5) is 5.69 Å². The van der Waals surface area contributed by atoms with Crippen LogP contribution in [0.15, 0.2) is 98.3 Å². The molecule has 234 valence electrons. The highest BCUT2D eigenvalue weighted by atomic mass is 79.9. The second kappa shape index (κ2) is 12.2. The molecule has 3 aromatic carbocycles. The van der Waals surface area contributed by atoms with E-state index in [1.54, 1.807) is 32.4 Å². The number of allylic oxidation sites excluding steroid dienone is 1. The van der Waals surface area contributed by atoms with Crippen LogP contribution in [0.5, 0.6) is 11.5 Å². The molecule has 3 aliphatic heterocycles. The minimum atomic E-state index is -1.01. The molecule has 4 aliphatic rings. The van der Waals surface area contributed by atoms with Crippen LogP contribution < -0.4 is 14.4 Å². The van der Waals surface area contributed by atoms with Gasteiger partial charge in [0.2, 0.25) is 0 Å². The lowest BCUT2D eigenvalue weighted by Gasteiger charge is -2.30. The number of rotatable bonds is 7. The Bertz CT molecular complexity index is 1790. The molecule has 11 nitrogen and oxygen atoms in total. The first-order valence-electron chi connectivity index (χ1n) is 15.1. The van der Waals surface area contributed by atoms with E-state index in [-0.39, 0.29) is 24.4 Å². The predicted molar refractivity (Wildman–Crippen MR) is 174 cm³/mol. The van der Waals surface area contributed by atoms with Crippen LogP contribution in [0.3, 0.4) is 0 Å². The van der Waals surface area contributed by atoms with Crippen molar-refractivity contribution < 1.29 is 23.9 Å². The molecule has 1 saturated heterocycles. The third-order valence-corrected chi connectivity index (χ3v) is 9.39. The number of hydrogen-bond donors (Lipinski definition) is 0. The van der Waals surface area contributed by atoms with Gasteiger partial charge in [-0.05, 0) is 84.5 Å². The molecule has 3 aromatic rings. The molecule has 3 heterocycles. The van der Waals surface area contributed by atoms with Crippen LogP contribution in [0.1, 0.15) is 36.4 Å². The van der Waals surface area contributed by atoms with Gasteiger partial charge in [0.25, 0.3) is 17.7 Å². The normalized spacial score (nSPS) is 24.4. The second-order valence-electron chi connectivity index (χ2n) is 11.6. The Balaban J connectivity index is 1.19. The van der Waals surface area contributed by atoms with Crippen molar-refractivity contribution in [3.63, 3.8) is 0 Å². The van der Waals surface area contributed by atoms with E-state index in [1.807, 2.05) is 54.6 Å². The molecule has 0 unspecified atom stereocenters. The molecule has 0 spiro atoms. The minimum absolute atomic E-state index is 0.0229. The van der Waals surface area contributed by atoms with E-state index in [9.17, 15) is 14.4 Å². The number of amides is 3. The number of fused-ring (bicyclic) bond motifs is 2. The van der Waals surface area contributed by atoms with Crippen LogP contribution in [0.25, 0.3) is 6.08 Å². The number of carbonyl (C=O) groups excluding carboxylic acids is 3. The minimum Gasteiger partial charge on any atom is -0.497 e.